The van der Waals surface area contributed by atoms with Crippen molar-refractivity contribution in [2.24, 2.45) is 10.9 Å². The van der Waals surface area contributed by atoms with Crippen molar-refractivity contribution >= 4 is 16.1 Å². The summed E-state index contributed by atoms with van der Waals surface area (Å²) in [7, 11) is 1.70. The maximum absolute atomic E-state index is 10.1. The number of aliphatic hydroxyl groups is 1. The van der Waals surface area contributed by atoms with Gasteiger partial charge in [0.15, 0.2) is 13.5 Å². The number of rotatable bonds is 10. The zero-order valence-electron chi connectivity index (χ0n) is 8.89. The first kappa shape index (κ1) is 15.1. The van der Waals surface area contributed by atoms with E-state index < -0.39 is 7.59 Å². The fourth-order valence-electron chi connectivity index (χ4n) is 1.14. The van der Waals surface area contributed by atoms with Gasteiger partial charge < -0.3 is 9.84 Å². The molecule has 0 amide bonds. The molecule has 5 nitrogen and oxygen atoms in total. The van der Waals surface area contributed by atoms with Crippen LogP contribution in [0.3, 0.4) is 0 Å². The van der Waals surface area contributed by atoms with Crippen molar-refractivity contribution in [2.45, 2.75) is 19.8 Å². The quantitative estimate of drug-likeness (QED) is 0.369. The lowest BCUT2D eigenvalue weighted by molar-refractivity contribution is 0.0530. The number of hydrogen-bond donors (Lipinski definition) is 1. The van der Waals surface area contributed by atoms with E-state index in [0.717, 1.165) is 12.8 Å². The fourth-order valence-corrected chi connectivity index (χ4v) is 1.76. The Balaban J connectivity index is 3.71. The predicted octanol–water partition coefficient (Wildman–Crippen LogP) is 2.56. The van der Waals surface area contributed by atoms with Crippen molar-refractivity contribution in [3.8, 4) is 0 Å². The maximum Gasteiger partial charge on any atom is 0.467 e. The molecule has 0 radical (unpaired) electrons. The van der Waals surface area contributed by atoms with Crippen molar-refractivity contribution < 1.29 is 14.4 Å². The second kappa shape index (κ2) is 10.6. The van der Waals surface area contributed by atoms with Crippen molar-refractivity contribution in [3.63, 3.8) is 0 Å². The van der Waals surface area contributed by atoms with E-state index >= 15 is 0 Å². The molecule has 0 aliphatic rings. The Morgan fingerprint density at radius 1 is 1.53 bits per heavy atom. The van der Waals surface area contributed by atoms with Crippen LogP contribution in [0, 0.1) is 10.8 Å². The van der Waals surface area contributed by atoms with Crippen LogP contribution in [-0.4, -0.2) is 31.5 Å². The first-order valence-corrected chi connectivity index (χ1v) is 7.46. The molecule has 2 atom stereocenters. The standard InChI is InChI=1S/C8H18NO4P2/c1-2-3-8(6-12-5-4-10)7-13-15(14)9-11/h8,10,14H,2-7H2,1H3/q+1. The Kier molecular flexibility index (Phi) is 10.6. The van der Waals surface area contributed by atoms with Gasteiger partial charge in [0, 0.05) is 5.92 Å². The van der Waals surface area contributed by atoms with Gasteiger partial charge in [-0.1, -0.05) is 18.3 Å². The zero-order chi connectivity index (χ0) is 11.5. The fraction of sp³-hybridized carbons (Fsp3) is 1.00. The molecule has 88 valence electrons. The molecule has 2 unspecified atom stereocenters. The molecule has 0 aliphatic carbocycles. The van der Waals surface area contributed by atoms with E-state index in [1.54, 1.807) is 0 Å². The predicted molar refractivity (Wildman–Crippen MR) is 63.3 cm³/mol. The molecule has 0 rings (SSSR count). The van der Waals surface area contributed by atoms with Crippen molar-refractivity contribution in [1.29, 1.82) is 0 Å². The van der Waals surface area contributed by atoms with Gasteiger partial charge in [-0.2, -0.15) is 4.52 Å². The van der Waals surface area contributed by atoms with Gasteiger partial charge in [-0.15, -0.1) is 0 Å². The van der Waals surface area contributed by atoms with E-state index in [9.17, 15) is 4.91 Å². The summed E-state index contributed by atoms with van der Waals surface area (Å²) in [5, 5.41) is 8.55. The van der Waals surface area contributed by atoms with E-state index in [4.69, 9.17) is 14.4 Å². The summed E-state index contributed by atoms with van der Waals surface area (Å²) in [6, 6.07) is 0. The van der Waals surface area contributed by atoms with Crippen LogP contribution >= 0.6 is 16.1 Å². The topological polar surface area (TPSA) is 68.1 Å². The van der Waals surface area contributed by atoms with E-state index in [1.165, 1.54) is 0 Å². The van der Waals surface area contributed by atoms with Gasteiger partial charge in [0.05, 0.1) is 19.8 Å². The van der Waals surface area contributed by atoms with Gasteiger partial charge in [0.2, 0.25) is 0 Å². The van der Waals surface area contributed by atoms with Gasteiger partial charge in [-0.25, -0.2) is 0 Å². The van der Waals surface area contributed by atoms with Crippen molar-refractivity contribution in [1.82, 2.24) is 0 Å². The summed E-state index contributed by atoms with van der Waals surface area (Å²) >= 11 is 0. The molecule has 0 heterocycles. The minimum Gasteiger partial charge on any atom is -0.394 e. The molecule has 0 saturated carbocycles. The molecule has 0 aromatic rings. The van der Waals surface area contributed by atoms with Gasteiger partial charge in [0.25, 0.3) is 0 Å². The number of nitrogens with zero attached hydrogens (tertiary/aromatic N) is 1. The third kappa shape index (κ3) is 9.04. The molecule has 0 spiro atoms. The average molecular weight is 254 g/mol. The van der Waals surface area contributed by atoms with Gasteiger partial charge in [0.1, 0.15) is 6.61 Å². The van der Waals surface area contributed by atoms with E-state index in [0.29, 0.717) is 19.8 Å². The highest BCUT2D eigenvalue weighted by Gasteiger charge is 2.15. The second-order valence-corrected chi connectivity index (χ2v) is 5.22. The molecule has 0 aromatic carbocycles. The van der Waals surface area contributed by atoms with E-state index in [1.807, 2.05) is 0 Å². The minimum absolute atomic E-state index is 0.0282. The van der Waals surface area contributed by atoms with Gasteiger partial charge in [-0.3, -0.25) is 0 Å². The largest absolute Gasteiger partial charge is 0.467 e. The number of nitroso groups, excluding NO2 is 1. The molecule has 1 N–H and O–H groups in total. The summed E-state index contributed by atoms with van der Waals surface area (Å²) in [6.45, 7) is 3.45. The number of ether oxygens (including phenoxy) is 1. The Morgan fingerprint density at radius 2 is 2.27 bits per heavy atom. The molecule has 0 saturated heterocycles. The Hall–Kier alpha value is 0.0800. The zero-order valence-corrected chi connectivity index (χ0v) is 10.8. The van der Waals surface area contributed by atoms with Crippen LogP contribution < -0.4 is 0 Å². The lowest BCUT2D eigenvalue weighted by Gasteiger charge is -2.12. The highest BCUT2D eigenvalue weighted by molar-refractivity contribution is 7.82. The van der Waals surface area contributed by atoms with Crippen LogP contribution in [0.15, 0.2) is 4.95 Å². The normalized spacial score (nSPS) is 13.6. The Labute approximate surface area is 93.1 Å². The summed E-state index contributed by atoms with van der Waals surface area (Å²) in [5.74, 6) is 0.254. The lowest BCUT2D eigenvalue weighted by atomic mass is 10.1. The molecular formula is C8H18NO4P2+. The Bertz CT molecular complexity index is 191. The summed E-state index contributed by atoms with van der Waals surface area (Å²) in [5.41, 5.74) is 0. The molecule has 15 heavy (non-hydrogen) atoms. The third-order valence-electron chi connectivity index (χ3n) is 1.79. The van der Waals surface area contributed by atoms with E-state index in [2.05, 4.69) is 20.4 Å². The second-order valence-electron chi connectivity index (χ2n) is 3.10. The van der Waals surface area contributed by atoms with Crippen LogP contribution in [0.2, 0.25) is 0 Å². The number of hydrogen-bond acceptors (Lipinski definition) is 4. The number of aliphatic hydroxyl groups excluding tert-OH is 1. The van der Waals surface area contributed by atoms with Crippen LogP contribution in [0.5, 0.6) is 0 Å². The molecule has 0 aliphatic heterocycles. The molecule has 7 heteroatoms. The summed E-state index contributed by atoms with van der Waals surface area (Å²) in [6.07, 6.45) is 2.00. The average Bonchev–Trinajstić information content (AvgIpc) is 2.25. The molecule has 0 fully saturated rings. The first-order chi connectivity index (χ1) is 7.24. The van der Waals surface area contributed by atoms with Gasteiger partial charge >= 0.3 is 7.59 Å². The van der Waals surface area contributed by atoms with Crippen LogP contribution in [0.1, 0.15) is 19.8 Å². The van der Waals surface area contributed by atoms with Crippen LogP contribution in [-0.2, 0) is 9.26 Å². The molecule has 0 bridgehead atoms. The van der Waals surface area contributed by atoms with Crippen molar-refractivity contribution in [3.05, 3.63) is 4.91 Å². The monoisotopic (exact) mass is 254 g/mol. The van der Waals surface area contributed by atoms with E-state index in [-0.39, 0.29) is 12.5 Å². The summed E-state index contributed by atoms with van der Waals surface area (Å²) in [4.78, 5) is 12.8. The summed E-state index contributed by atoms with van der Waals surface area (Å²) < 4.78 is 10.4. The molecule has 0 aromatic heterocycles. The highest BCUT2D eigenvalue weighted by Crippen LogP contribution is 2.31. The maximum atomic E-state index is 10.1. The SMILES string of the molecule is CCCC(COCCO)CO[P+](=P)N=O. The van der Waals surface area contributed by atoms with Crippen LogP contribution in [0.25, 0.3) is 0 Å². The third-order valence-corrected chi connectivity index (χ3v) is 2.97. The molecular weight excluding hydrogens is 236 g/mol. The smallest absolute Gasteiger partial charge is 0.394 e. The first-order valence-electron chi connectivity index (χ1n) is 4.90. The van der Waals surface area contributed by atoms with Crippen LogP contribution in [0.4, 0.5) is 0 Å². The Morgan fingerprint density at radius 3 is 2.80 bits per heavy atom. The van der Waals surface area contributed by atoms with Crippen molar-refractivity contribution in [2.75, 3.05) is 26.4 Å². The lowest BCUT2D eigenvalue weighted by Crippen LogP contribution is -2.16. The highest BCUT2D eigenvalue weighted by atomic mass is 31.7. The minimum atomic E-state index is -1.37. The van der Waals surface area contributed by atoms with Gasteiger partial charge in [-0.05, 0) is 6.42 Å².